The highest BCUT2D eigenvalue weighted by Gasteiger charge is 2.20. The lowest BCUT2D eigenvalue weighted by Crippen LogP contribution is -2.15. The molecule has 0 aliphatic rings. The van der Waals surface area contributed by atoms with Crippen LogP contribution in [-0.2, 0) is 5.41 Å². The molecule has 1 heterocycles. The van der Waals surface area contributed by atoms with Crippen molar-refractivity contribution in [3.8, 4) is 11.3 Å². The van der Waals surface area contributed by atoms with Gasteiger partial charge in [0, 0.05) is 17.2 Å². The van der Waals surface area contributed by atoms with Crippen LogP contribution in [0.5, 0.6) is 0 Å². The summed E-state index contributed by atoms with van der Waals surface area (Å²) in [5, 5.41) is 0. The van der Waals surface area contributed by atoms with E-state index in [1.165, 1.54) is 0 Å². The molecule has 0 unspecified atom stereocenters. The maximum absolute atomic E-state index is 8.47. The summed E-state index contributed by atoms with van der Waals surface area (Å²) in [6.45, 7) is 7.99. The molecule has 0 bridgehead atoms. The molecule has 1 aromatic heterocycles. The summed E-state index contributed by atoms with van der Waals surface area (Å²) in [7, 11) is 0. The lowest BCUT2D eigenvalue weighted by Gasteiger charge is -2.25. The van der Waals surface area contributed by atoms with Gasteiger partial charge in [-0.05, 0) is 35.4 Å². The van der Waals surface area contributed by atoms with E-state index in [4.69, 9.17) is 5.48 Å². The highest BCUT2D eigenvalue weighted by atomic mass is 14.7. The molecule has 0 aliphatic carbocycles. The molecule has 2 rings (SSSR count). The molecule has 1 nitrogen and oxygen atoms in total. The van der Waals surface area contributed by atoms with E-state index < -0.39 is 12.7 Å². The Labute approximate surface area is 128 Å². The van der Waals surface area contributed by atoms with Crippen molar-refractivity contribution in [3.05, 3.63) is 53.2 Å². The van der Waals surface area contributed by atoms with Gasteiger partial charge in [-0.3, -0.25) is 4.98 Å². The van der Waals surface area contributed by atoms with E-state index in [0.717, 1.165) is 22.4 Å². The predicted molar refractivity (Wildman–Crippen MR) is 87.2 cm³/mol. The zero-order valence-corrected chi connectivity index (χ0v) is 12.9. The fourth-order valence-electron chi connectivity index (χ4n) is 2.27. The Morgan fingerprint density at radius 1 is 1.15 bits per heavy atom. The van der Waals surface area contributed by atoms with Crippen molar-refractivity contribution in [2.24, 2.45) is 0 Å². The predicted octanol–water partition coefficient (Wildman–Crippen LogP) is 5.48. The summed E-state index contributed by atoms with van der Waals surface area (Å²) in [5.74, 6) is -0.737. The van der Waals surface area contributed by atoms with Crippen LogP contribution < -0.4 is 0 Å². The SMILES string of the molecule is [2H]C([2H])([2H])c1ccc(-c2cc(C([2H])(C)C)c(C(C)(C)C)cn2)cc1. The second kappa shape index (κ2) is 5.40. The van der Waals surface area contributed by atoms with Crippen molar-refractivity contribution in [2.45, 2.75) is 52.8 Å². The van der Waals surface area contributed by atoms with Crippen molar-refractivity contribution in [3.63, 3.8) is 0 Å². The Bertz CT molecular complexity index is 717. The van der Waals surface area contributed by atoms with Gasteiger partial charge >= 0.3 is 0 Å². The molecule has 1 heteroatoms. The van der Waals surface area contributed by atoms with E-state index in [-0.39, 0.29) is 5.41 Å². The number of nitrogens with zero attached hydrogens (tertiary/aromatic N) is 1. The fourth-order valence-corrected chi connectivity index (χ4v) is 2.27. The number of hydrogen-bond acceptors (Lipinski definition) is 1. The molecular weight excluding hydrogens is 242 g/mol. The van der Waals surface area contributed by atoms with Crippen molar-refractivity contribution in [1.82, 2.24) is 4.98 Å². The third-order valence-electron chi connectivity index (χ3n) is 3.43. The van der Waals surface area contributed by atoms with E-state index in [1.807, 2.05) is 26.1 Å². The van der Waals surface area contributed by atoms with Gasteiger partial charge in [0.05, 0.1) is 5.69 Å². The standard InChI is InChI=1S/C19H25N/c1-13(2)16-11-18(15-9-7-14(3)8-10-15)20-12-17(16)19(4,5)6/h7-13H,1-6H3/i3D3,13D. The van der Waals surface area contributed by atoms with Crippen LogP contribution in [0.15, 0.2) is 36.5 Å². The topological polar surface area (TPSA) is 12.9 Å². The number of rotatable bonds is 2. The lowest BCUT2D eigenvalue weighted by molar-refractivity contribution is 0.574. The second-order valence-electron chi connectivity index (χ2n) is 6.44. The molecule has 1 aromatic carbocycles. The van der Waals surface area contributed by atoms with E-state index in [0.29, 0.717) is 5.56 Å². The molecule has 0 atom stereocenters. The molecule has 0 spiro atoms. The van der Waals surface area contributed by atoms with Crippen molar-refractivity contribution >= 4 is 0 Å². The van der Waals surface area contributed by atoms with Gasteiger partial charge in [0.25, 0.3) is 0 Å². The maximum Gasteiger partial charge on any atom is 0.0705 e. The quantitative estimate of drug-likeness (QED) is 0.705. The van der Waals surface area contributed by atoms with Gasteiger partial charge in [-0.2, -0.15) is 0 Å². The van der Waals surface area contributed by atoms with Crippen LogP contribution in [0.1, 0.15) is 62.7 Å². The van der Waals surface area contributed by atoms with Crippen LogP contribution in [0.3, 0.4) is 0 Å². The van der Waals surface area contributed by atoms with Gasteiger partial charge < -0.3 is 0 Å². The van der Waals surface area contributed by atoms with Crippen LogP contribution in [0.25, 0.3) is 11.3 Å². The third kappa shape index (κ3) is 3.09. The summed E-state index contributed by atoms with van der Waals surface area (Å²) in [6, 6.07) is 8.75. The highest BCUT2D eigenvalue weighted by Crippen LogP contribution is 2.32. The summed E-state index contributed by atoms with van der Waals surface area (Å²) in [5.41, 5.74) is 3.85. The molecule has 0 amide bonds. The summed E-state index contributed by atoms with van der Waals surface area (Å²) >= 11 is 0. The lowest BCUT2D eigenvalue weighted by atomic mass is 9.81. The Kier molecular flexibility index (Phi) is 2.74. The molecule has 0 saturated heterocycles. The smallest absolute Gasteiger partial charge is 0.0705 e. The van der Waals surface area contributed by atoms with E-state index >= 15 is 0 Å². The highest BCUT2D eigenvalue weighted by molar-refractivity contribution is 5.61. The maximum atomic E-state index is 8.47. The largest absolute Gasteiger partial charge is 0.256 e. The zero-order chi connectivity index (χ0) is 18.3. The minimum Gasteiger partial charge on any atom is -0.256 e. The van der Waals surface area contributed by atoms with Crippen LogP contribution in [0, 0.1) is 6.85 Å². The van der Waals surface area contributed by atoms with Gasteiger partial charge in [0.2, 0.25) is 0 Å². The monoisotopic (exact) mass is 271 g/mol. The summed E-state index contributed by atoms with van der Waals surface area (Å²) in [6.07, 6.45) is 1.85. The molecule has 0 aliphatic heterocycles. The average molecular weight is 271 g/mol. The van der Waals surface area contributed by atoms with Gasteiger partial charge in [-0.1, -0.05) is 64.4 Å². The van der Waals surface area contributed by atoms with Gasteiger partial charge in [0.15, 0.2) is 0 Å². The first-order valence-corrected chi connectivity index (χ1v) is 6.92. The first kappa shape index (κ1) is 10.1. The Morgan fingerprint density at radius 3 is 2.30 bits per heavy atom. The van der Waals surface area contributed by atoms with Gasteiger partial charge in [-0.25, -0.2) is 0 Å². The Hall–Kier alpha value is -1.63. The van der Waals surface area contributed by atoms with E-state index in [9.17, 15) is 0 Å². The second-order valence-corrected chi connectivity index (χ2v) is 6.44. The average Bonchev–Trinajstić information content (AvgIpc) is 2.44. The minimum absolute atomic E-state index is 0.0930. The Morgan fingerprint density at radius 2 is 1.80 bits per heavy atom. The van der Waals surface area contributed by atoms with Gasteiger partial charge in [0.1, 0.15) is 0 Å². The Balaban J connectivity index is 2.53. The van der Waals surface area contributed by atoms with Crippen molar-refractivity contribution < 1.29 is 5.48 Å². The summed E-state index contributed by atoms with van der Waals surface area (Å²) in [4.78, 5) is 4.56. The number of aryl methyl sites for hydroxylation is 1. The zero-order valence-electron chi connectivity index (χ0n) is 16.9. The van der Waals surface area contributed by atoms with Crippen LogP contribution in [0.2, 0.25) is 0 Å². The van der Waals surface area contributed by atoms with Crippen molar-refractivity contribution in [2.75, 3.05) is 0 Å². The van der Waals surface area contributed by atoms with Crippen molar-refractivity contribution in [1.29, 1.82) is 0 Å². The number of aromatic nitrogens is 1. The molecule has 106 valence electrons. The third-order valence-corrected chi connectivity index (χ3v) is 3.43. The van der Waals surface area contributed by atoms with Crippen LogP contribution in [-0.4, -0.2) is 4.98 Å². The van der Waals surface area contributed by atoms with Crippen LogP contribution >= 0.6 is 0 Å². The summed E-state index contributed by atoms with van der Waals surface area (Å²) < 4.78 is 30.8. The molecule has 0 fully saturated rings. The number of benzene rings is 1. The molecule has 2 aromatic rings. The fraction of sp³-hybridized carbons (Fsp3) is 0.421. The first-order chi connectivity index (χ1) is 10.8. The number of pyridine rings is 1. The number of hydrogen-bond donors (Lipinski definition) is 0. The van der Waals surface area contributed by atoms with Gasteiger partial charge in [-0.15, -0.1) is 0 Å². The normalized spacial score (nSPS) is 16.1. The molecule has 20 heavy (non-hydrogen) atoms. The van der Waals surface area contributed by atoms with E-state index in [1.54, 1.807) is 24.3 Å². The molecule has 0 saturated carbocycles. The minimum atomic E-state index is -2.10. The molecule has 0 radical (unpaired) electrons. The first-order valence-electron chi connectivity index (χ1n) is 8.92. The molecular formula is C19H25N. The molecule has 0 N–H and O–H groups in total. The van der Waals surface area contributed by atoms with Crippen LogP contribution in [0.4, 0.5) is 0 Å². The van der Waals surface area contributed by atoms with E-state index in [2.05, 4.69) is 25.8 Å².